The van der Waals surface area contributed by atoms with Crippen LogP contribution in [-0.2, 0) is 9.53 Å². The van der Waals surface area contributed by atoms with Gasteiger partial charge in [-0.15, -0.1) is 0 Å². The van der Waals surface area contributed by atoms with Crippen LogP contribution < -0.4 is 10.6 Å². The number of fused-ring (bicyclic) bond motifs is 1. The Balaban J connectivity index is 1.96. The molecule has 1 aliphatic carbocycles. The number of esters is 1. The molecule has 1 saturated carbocycles. The quantitative estimate of drug-likeness (QED) is 0.393. The minimum Gasteiger partial charge on any atom is -0.469 e. The Kier molecular flexibility index (Phi) is 2.70. The third-order valence-electron chi connectivity index (χ3n) is 3.75. The van der Waals surface area contributed by atoms with E-state index in [1.807, 2.05) is 0 Å². The molecule has 0 spiro atoms. The minimum atomic E-state index is -0.301. The summed E-state index contributed by atoms with van der Waals surface area (Å²) in [5, 5.41) is 15.1. The zero-order valence-corrected chi connectivity index (χ0v) is 9.01. The average molecular weight is 214 g/mol. The third kappa shape index (κ3) is 1.46. The van der Waals surface area contributed by atoms with E-state index in [1.54, 1.807) is 0 Å². The van der Waals surface area contributed by atoms with Crippen molar-refractivity contribution in [1.29, 1.82) is 0 Å². The van der Waals surface area contributed by atoms with Gasteiger partial charge in [0, 0.05) is 31.6 Å². The number of nitrogens with one attached hydrogen (secondary N) is 2. The lowest BCUT2D eigenvalue weighted by molar-refractivity contribution is -0.147. The second-order valence-corrected chi connectivity index (χ2v) is 4.53. The Morgan fingerprint density at radius 1 is 1.60 bits per heavy atom. The average Bonchev–Trinajstić information content (AvgIpc) is 2.76. The van der Waals surface area contributed by atoms with Crippen LogP contribution in [0.1, 0.15) is 6.42 Å². The zero-order valence-electron chi connectivity index (χ0n) is 9.01. The molecule has 15 heavy (non-hydrogen) atoms. The molecule has 5 heteroatoms. The van der Waals surface area contributed by atoms with Crippen LogP contribution in [0.4, 0.5) is 0 Å². The van der Waals surface area contributed by atoms with Gasteiger partial charge in [0.15, 0.2) is 0 Å². The Morgan fingerprint density at radius 3 is 3.07 bits per heavy atom. The molecule has 3 N–H and O–H groups in total. The molecule has 0 aromatic heterocycles. The van der Waals surface area contributed by atoms with Gasteiger partial charge in [0.2, 0.25) is 0 Å². The predicted octanol–water partition coefficient (Wildman–Crippen LogP) is -1.28. The number of rotatable bonds is 5. The highest BCUT2D eigenvalue weighted by Gasteiger charge is 2.74. The van der Waals surface area contributed by atoms with Crippen LogP contribution in [0.15, 0.2) is 0 Å². The fourth-order valence-corrected chi connectivity index (χ4v) is 2.79. The molecule has 1 aliphatic heterocycles. The zero-order chi connectivity index (χ0) is 10.9. The van der Waals surface area contributed by atoms with Gasteiger partial charge >= 0.3 is 5.97 Å². The van der Waals surface area contributed by atoms with Gasteiger partial charge in [-0.3, -0.25) is 4.79 Å². The van der Waals surface area contributed by atoms with Crippen molar-refractivity contribution < 1.29 is 14.6 Å². The van der Waals surface area contributed by atoms with Gasteiger partial charge in [-0.05, 0) is 6.42 Å². The number of ether oxygens (including phenoxy) is 1. The Morgan fingerprint density at radius 2 is 2.40 bits per heavy atom. The number of carbonyl (C=O) groups is 1. The number of aliphatic hydroxyl groups excluding tert-OH is 1. The Labute approximate surface area is 89.2 Å². The number of methoxy groups -OCH3 is 1. The normalized spacial score (nSPS) is 37.5. The fraction of sp³-hybridized carbons (Fsp3) is 0.900. The molecule has 0 bridgehead atoms. The van der Waals surface area contributed by atoms with E-state index >= 15 is 0 Å². The van der Waals surface area contributed by atoms with Crippen molar-refractivity contribution in [3.8, 4) is 0 Å². The van der Waals surface area contributed by atoms with Crippen molar-refractivity contribution in [2.75, 3.05) is 39.9 Å². The van der Waals surface area contributed by atoms with Crippen molar-refractivity contribution in [3.05, 3.63) is 0 Å². The van der Waals surface area contributed by atoms with E-state index in [0.29, 0.717) is 6.54 Å². The molecule has 2 aliphatic rings. The van der Waals surface area contributed by atoms with E-state index in [-0.39, 0.29) is 23.4 Å². The number of hydrogen-bond donors (Lipinski definition) is 3. The summed E-state index contributed by atoms with van der Waals surface area (Å²) in [5.41, 5.74) is -0.278. The van der Waals surface area contributed by atoms with Crippen molar-refractivity contribution in [2.24, 2.45) is 10.8 Å². The maximum absolute atomic E-state index is 11.7. The van der Waals surface area contributed by atoms with E-state index in [9.17, 15) is 4.79 Å². The third-order valence-corrected chi connectivity index (χ3v) is 3.75. The van der Waals surface area contributed by atoms with Crippen LogP contribution in [0.5, 0.6) is 0 Å². The number of hydrogen-bond acceptors (Lipinski definition) is 5. The molecule has 0 amide bonds. The van der Waals surface area contributed by atoms with Gasteiger partial charge in [-0.2, -0.15) is 0 Å². The summed E-state index contributed by atoms with van der Waals surface area (Å²) in [6, 6.07) is 0. The second-order valence-electron chi connectivity index (χ2n) is 4.53. The highest BCUT2D eigenvalue weighted by Crippen LogP contribution is 2.66. The highest BCUT2D eigenvalue weighted by atomic mass is 16.5. The van der Waals surface area contributed by atoms with E-state index in [4.69, 9.17) is 9.84 Å². The van der Waals surface area contributed by atoms with Gasteiger partial charge in [0.25, 0.3) is 0 Å². The lowest BCUT2D eigenvalue weighted by atomic mass is 9.96. The maximum atomic E-state index is 11.7. The Hall–Kier alpha value is -0.650. The number of aliphatic hydroxyl groups is 1. The molecule has 1 heterocycles. The van der Waals surface area contributed by atoms with Crippen LogP contribution in [0.2, 0.25) is 0 Å². The number of piperidine rings is 1. The Bertz CT molecular complexity index is 271. The lowest BCUT2D eigenvalue weighted by Crippen LogP contribution is -2.33. The van der Waals surface area contributed by atoms with Crippen molar-refractivity contribution in [3.63, 3.8) is 0 Å². The molecule has 2 fully saturated rings. The molecule has 2 unspecified atom stereocenters. The van der Waals surface area contributed by atoms with Crippen LogP contribution in [0.25, 0.3) is 0 Å². The van der Waals surface area contributed by atoms with Gasteiger partial charge in [-0.1, -0.05) is 0 Å². The molecular formula is C10H18N2O3. The molecule has 1 saturated heterocycles. The van der Waals surface area contributed by atoms with Crippen LogP contribution in [0.3, 0.4) is 0 Å². The standard InChI is InChI=1S/C10H18N2O3/c1-15-8(14)10-4-9(10,6-12-7-10)5-11-2-3-13/h11-13H,2-7H2,1H3. The maximum Gasteiger partial charge on any atom is 0.313 e. The molecule has 0 aromatic rings. The molecule has 2 atom stereocenters. The monoisotopic (exact) mass is 214 g/mol. The SMILES string of the molecule is COC(=O)C12CNCC1(CNCCO)C2. The summed E-state index contributed by atoms with van der Waals surface area (Å²) in [6.07, 6.45) is 0.901. The predicted molar refractivity (Wildman–Crippen MR) is 54.3 cm³/mol. The van der Waals surface area contributed by atoms with Crippen molar-refractivity contribution in [2.45, 2.75) is 6.42 Å². The first kappa shape index (κ1) is 10.9. The first-order valence-electron chi connectivity index (χ1n) is 5.31. The largest absolute Gasteiger partial charge is 0.469 e. The highest BCUT2D eigenvalue weighted by molar-refractivity contribution is 5.83. The molecule has 0 aromatic carbocycles. The van der Waals surface area contributed by atoms with Crippen LogP contribution in [0, 0.1) is 10.8 Å². The second kappa shape index (κ2) is 3.73. The smallest absolute Gasteiger partial charge is 0.313 e. The summed E-state index contributed by atoms with van der Waals surface area (Å²) < 4.78 is 4.85. The van der Waals surface area contributed by atoms with Gasteiger partial charge in [0.05, 0.1) is 19.1 Å². The first-order chi connectivity index (χ1) is 7.21. The summed E-state index contributed by atoms with van der Waals surface area (Å²) >= 11 is 0. The molecule has 2 rings (SSSR count). The summed E-state index contributed by atoms with van der Waals surface area (Å²) in [6.45, 7) is 3.07. The van der Waals surface area contributed by atoms with Crippen LogP contribution >= 0.6 is 0 Å². The first-order valence-corrected chi connectivity index (χ1v) is 5.31. The van der Waals surface area contributed by atoms with Gasteiger partial charge in [0.1, 0.15) is 0 Å². The molecular weight excluding hydrogens is 196 g/mol. The van der Waals surface area contributed by atoms with E-state index < -0.39 is 0 Å². The summed E-state index contributed by atoms with van der Waals surface area (Å²) in [4.78, 5) is 11.7. The van der Waals surface area contributed by atoms with E-state index in [0.717, 1.165) is 26.1 Å². The number of carbonyl (C=O) groups excluding carboxylic acids is 1. The summed E-state index contributed by atoms with van der Waals surface area (Å²) in [5.74, 6) is -0.0988. The van der Waals surface area contributed by atoms with Gasteiger partial charge < -0.3 is 20.5 Å². The van der Waals surface area contributed by atoms with Gasteiger partial charge in [-0.25, -0.2) is 0 Å². The molecule has 5 nitrogen and oxygen atoms in total. The molecule has 0 radical (unpaired) electrons. The van der Waals surface area contributed by atoms with E-state index in [1.165, 1.54) is 7.11 Å². The summed E-state index contributed by atoms with van der Waals surface area (Å²) in [7, 11) is 1.44. The minimum absolute atomic E-state index is 0.0231. The van der Waals surface area contributed by atoms with Crippen molar-refractivity contribution >= 4 is 5.97 Å². The van der Waals surface area contributed by atoms with Crippen molar-refractivity contribution in [1.82, 2.24) is 10.6 Å². The van der Waals surface area contributed by atoms with Crippen LogP contribution in [-0.4, -0.2) is 51.0 Å². The molecule has 86 valence electrons. The lowest BCUT2D eigenvalue weighted by Gasteiger charge is -2.15. The fourth-order valence-electron chi connectivity index (χ4n) is 2.79. The topological polar surface area (TPSA) is 70.6 Å². The van der Waals surface area contributed by atoms with E-state index in [2.05, 4.69) is 10.6 Å².